The minimum Gasteiger partial charge on any atom is -0.235 e. The molecule has 0 bridgehead atoms. The Bertz CT molecular complexity index is 641. The van der Waals surface area contributed by atoms with Gasteiger partial charge in [-0.05, 0) is 24.6 Å². The molecule has 126 valence electrons. The average molecular weight is 330 g/mol. The first kappa shape index (κ1) is 17.9. The molecule has 1 aromatic carbocycles. The zero-order chi connectivity index (χ0) is 16.9. The van der Waals surface area contributed by atoms with Crippen LogP contribution < -0.4 is 0 Å². The highest BCUT2D eigenvalue weighted by molar-refractivity contribution is 6.76. The van der Waals surface area contributed by atoms with Crippen LogP contribution >= 0.6 is 0 Å². The number of fused-ring (bicyclic) bond motifs is 1. The van der Waals surface area contributed by atoms with Crippen LogP contribution in [0.2, 0.25) is 25.7 Å². The molecule has 3 nitrogen and oxygen atoms in total. The van der Waals surface area contributed by atoms with E-state index in [9.17, 15) is 0 Å². The van der Waals surface area contributed by atoms with E-state index < -0.39 is 8.07 Å². The standard InChI is InChI=1S/C19H31N3Si/c1-6-8-9-12-15-19(7-2,16-23(3,4)5)22-18-14-11-10-13-17(18)20-21-22/h7,10-11,13-14H,2,6,8-9,12,15-16H2,1,3-5H3. The van der Waals surface area contributed by atoms with Gasteiger partial charge in [0.2, 0.25) is 0 Å². The number of benzene rings is 1. The summed E-state index contributed by atoms with van der Waals surface area (Å²) in [6.45, 7) is 13.8. The first-order valence-corrected chi connectivity index (χ1v) is 12.6. The summed E-state index contributed by atoms with van der Waals surface area (Å²) in [7, 11) is -1.29. The third-order valence-electron chi connectivity index (χ3n) is 4.45. The van der Waals surface area contributed by atoms with E-state index in [4.69, 9.17) is 0 Å². The molecule has 0 saturated heterocycles. The van der Waals surface area contributed by atoms with Crippen molar-refractivity contribution in [2.45, 2.75) is 70.3 Å². The van der Waals surface area contributed by atoms with Gasteiger partial charge in [-0.3, -0.25) is 0 Å². The monoisotopic (exact) mass is 329 g/mol. The number of unbranched alkanes of at least 4 members (excludes halogenated alkanes) is 3. The third-order valence-corrected chi connectivity index (χ3v) is 6.13. The Morgan fingerprint density at radius 2 is 1.91 bits per heavy atom. The van der Waals surface area contributed by atoms with Crippen LogP contribution in [0.5, 0.6) is 0 Å². The topological polar surface area (TPSA) is 30.7 Å². The van der Waals surface area contributed by atoms with E-state index in [0.29, 0.717) is 0 Å². The minimum absolute atomic E-state index is 0.103. The van der Waals surface area contributed by atoms with Crippen molar-refractivity contribution >= 4 is 19.1 Å². The molecule has 0 saturated carbocycles. The second-order valence-corrected chi connectivity index (χ2v) is 13.3. The largest absolute Gasteiger partial charge is 0.235 e. The number of hydrogen-bond donors (Lipinski definition) is 0. The molecule has 0 radical (unpaired) electrons. The van der Waals surface area contributed by atoms with E-state index in [1.807, 2.05) is 12.1 Å². The third kappa shape index (κ3) is 4.31. The van der Waals surface area contributed by atoms with Crippen molar-refractivity contribution in [3.8, 4) is 0 Å². The number of para-hydroxylation sites is 1. The van der Waals surface area contributed by atoms with Crippen molar-refractivity contribution in [2.24, 2.45) is 0 Å². The Labute approximate surface area is 141 Å². The predicted octanol–water partition coefficient (Wildman–Crippen LogP) is 5.62. The molecule has 1 atom stereocenters. The fourth-order valence-corrected chi connectivity index (χ4v) is 5.81. The summed E-state index contributed by atoms with van der Waals surface area (Å²) in [5.74, 6) is 0. The van der Waals surface area contributed by atoms with Gasteiger partial charge in [0.25, 0.3) is 0 Å². The lowest BCUT2D eigenvalue weighted by atomic mass is 9.93. The number of aromatic nitrogens is 3. The Balaban J connectivity index is 2.40. The maximum atomic E-state index is 4.54. The van der Waals surface area contributed by atoms with Crippen molar-refractivity contribution in [3.05, 3.63) is 36.9 Å². The Hall–Kier alpha value is -1.42. The summed E-state index contributed by atoms with van der Waals surface area (Å²) >= 11 is 0. The van der Waals surface area contributed by atoms with E-state index in [-0.39, 0.29) is 5.54 Å². The normalized spacial score (nSPS) is 14.8. The molecule has 1 aromatic heterocycles. The van der Waals surface area contributed by atoms with Crippen LogP contribution in [0.3, 0.4) is 0 Å². The molecule has 4 heteroatoms. The lowest BCUT2D eigenvalue weighted by Crippen LogP contribution is -2.40. The van der Waals surface area contributed by atoms with E-state index in [1.54, 1.807) is 0 Å². The molecule has 0 N–H and O–H groups in total. The molecule has 0 fully saturated rings. The van der Waals surface area contributed by atoms with Crippen molar-refractivity contribution in [2.75, 3.05) is 0 Å². The van der Waals surface area contributed by atoms with E-state index >= 15 is 0 Å². The van der Waals surface area contributed by atoms with Crippen LogP contribution in [-0.2, 0) is 5.54 Å². The number of hydrogen-bond acceptors (Lipinski definition) is 2. The quantitative estimate of drug-likeness (QED) is 0.339. The molecule has 23 heavy (non-hydrogen) atoms. The van der Waals surface area contributed by atoms with Crippen molar-refractivity contribution in [3.63, 3.8) is 0 Å². The van der Waals surface area contributed by atoms with Crippen molar-refractivity contribution < 1.29 is 0 Å². The van der Waals surface area contributed by atoms with E-state index in [1.165, 1.54) is 25.7 Å². The Morgan fingerprint density at radius 1 is 1.17 bits per heavy atom. The fraction of sp³-hybridized carbons (Fsp3) is 0.579. The highest BCUT2D eigenvalue weighted by Crippen LogP contribution is 2.36. The summed E-state index contributed by atoms with van der Waals surface area (Å²) in [5, 5.41) is 8.93. The summed E-state index contributed by atoms with van der Waals surface area (Å²) in [5.41, 5.74) is 2.00. The molecule has 2 rings (SSSR count). The minimum atomic E-state index is -1.29. The Morgan fingerprint density at radius 3 is 2.57 bits per heavy atom. The van der Waals surface area contributed by atoms with Crippen molar-refractivity contribution in [1.29, 1.82) is 0 Å². The molecule has 1 unspecified atom stereocenters. The number of nitrogens with zero attached hydrogens (tertiary/aromatic N) is 3. The van der Waals surface area contributed by atoms with Crippen LogP contribution in [0, 0.1) is 0 Å². The maximum absolute atomic E-state index is 4.54. The molecule has 1 heterocycles. The van der Waals surface area contributed by atoms with Gasteiger partial charge >= 0.3 is 0 Å². The van der Waals surface area contributed by atoms with E-state index in [2.05, 4.69) is 66.3 Å². The van der Waals surface area contributed by atoms with Crippen molar-refractivity contribution in [1.82, 2.24) is 15.0 Å². The van der Waals surface area contributed by atoms with Gasteiger partial charge in [-0.15, -0.1) is 11.7 Å². The molecular weight excluding hydrogens is 298 g/mol. The van der Waals surface area contributed by atoms with E-state index in [0.717, 1.165) is 23.5 Å². The van der Waals surface area contributed by atoms with Crippen LogP contribution in [-0.4, -0.2) is 23.1 Å². The van der Waals surface area contributed by atoms with Gasteiger partial charge in [-0.2, -0.15) is 0 Å². The molecular formula is C19H31N3Si. The summed E-state index contributed by atoms with van der Waals surface area (Å²) in [4.78, 5) is 0. The maximum Gasteiger partial charge on any atom is 0.113 e. The van der Waals surface area contributed by atoms with Gasteiger partial charge in [0.1, 0.15) is 5.52 Å². The average Bonchev–Trinajstić information content (AvgIpc) is 2.94. The number of rotatable bonds is 9. The second kappa shape index (κ2) is 7.43. The molecule has 0 aliphatic heterocycles. The van der Waals surface area contributed by atoms with Gasteiger partial charge < -0.3 is 0 Å². The first-order chi connectivity index (χ1) is 10.9. The zero-order valence-corrected chi connectivity index (χ0v) is 16.2. The van der Waals surface area contributed by atoms with Crippen LogP contribution in [0.4, 0.5) is 0 Å². The van der Waals surface area contributed by atoms with Gasteiger partial charge in [0.05, 0.1) is 11.1 Å². The van der Waals surface area contributed by atoms with Crippen LogP contribution in [0.15, 0.2) is 36.9 Å². The van der Waals surface area contributed by atoms with Crippen LogP contribution in [0.1, 0.15) is 39.0 Å². The number of allylic oxidation sites excluding steroid dienone is 1. The summed E-state index contributed by atoms with van der Waals surface area (Å²) < 4.78 is 2.15. The molecule has 0 aliphatic carbocycles. The zero-order valence-electron chi connectivity index (χ0n) is 15.2. The molecule has 0 aliphatic rings. The van der Waals surface area contributed by atoms with Gasteiger partial charge in [-0.1, -0.05) is 75.7 Å². The lowest BCUT2D eigenvalue weighted by molar-refractivity contribution is 0.328. The SMILES string of the molecule is C=CC(CCCCCC)(C[Si](C)(C)C)n1nnc2ccccc21. The summed E-state index contributed by atoms with van der Waals surface area (Å²) in [6, 6.07) is 9.42. The summed E-state index contributed by atoms with van der Waals surface area (Å²) in [6.07, 6.45) is 8.31. The molecule has 0 amide bonds. The highest BCUT2D eigenvalue weighted by atomic mass is 28.3. The van der Waals surface area contributed by atoms with Gasteiger partial charge in [-0.25, -0.2) is 4.68 Å². The highest BCUT2D eigenvalue weighted by Gasteiger charge is 2.36. The predicted molar refractivity (Wildman–Crippen MR) is 103 cm³/mol. The van der Waals surface area contributed by atoms with Crippen LogP contribution in [0.25, 0.3) is 11.0 Å². The smallest absolute Gasteiger partial charge is 0.113 e. The lowest BCUT2D eigenvalue weighted by Gasteiger charge is -2.36. The van der Waals surface area contributed by atoms with Gasteiger partial charge in [0.15, 0.2) is 0 Å². The second-order valence-electron chi connectivity index (χ2n) is 7.85. The van der Waals surface area contributed by atoms with Gasteiger partial charge in [0, 0.05) is 8.07 Å². The Kier molecular flexibility index (Phi) is 5.79. The molecule has 2 aromatic rings. The first-order valence-electron chi connectivity index (χ1n) is 8.86. The molecule has 0 spiro atoms. The fourth-order valence-electron chi connectivity index (χ4n) is 3.50.